The quantitative estimate of drug-likeness (QED) is 0.787. The zero-order chi connectivity index (χ0) is 15.2. The molecular weight excluding hydrogens is 258 g/mol. The standard InChI is InChI=1S/C18H33N3/c1-5-17-16(13-19-14(3)4)18(6-2)21(20-17)15-11-9-7-8-10-12-15/h14-15,19H,5-13H2,1-4H3. The number of nitrogens with one attached hydrogen (secondary N) is 1. The second kappa shape index (κ2) is 7.98. The summed E-state index contributed by atoms with van der Waals surface area (Å²) in [5.74, 6) is 0. The van der Waals surface area contributed by atoms with E-state index in [0.717, 1.165) is 19.4 Å². The van der Waals surface area contributed by atoms with E-state index in [1.165, 1.54) is 55.5 Å². The Morgan fingerprint density at radius 1 is 1.10 bits per heavy atom. The van der Waals surface area contributed by atoms with E-state index in [0.29, 0.717) is 12.1 Å². The minimum Gasteiger partial charge on any atom is -0.310 e. The highest BCUT2D eigenvalue weighted by molar-refractivity contribution is 5.27. The van der Waals surface area contributed by atoms with E-state index in [1.807, 2.05) is 0 Å². The molecule has 1 aromatic rings. The first-order valence-corrected chi connectivity index (χ1v) is 8.99. The molecule has 1 aromatic heterocycles. The highest BCUT2D eigenvalue weighted by Crippen LogP contribution is 2.30. The van der Waals surface area contributed by atoms with Crippen LogP contribution in [0.5, 0.6) is 0 Å². The Balaban J connectivity index is 2.27. The summed E-state index contributed by atoms with van der Waals surface area (Å²) in [6.07, 6.45) is 10.3. The van der Waals surface area contributed by atoms with Gasteiger partial charge in [0.05, 0.1) is 11.7 Å². The molecule has 1 fully saturated rings. The van der Waals surface area contributed by atoms with Crippen LogP contribution in [0.4, 0.5) is 0 Å². The fraction of sp³-hybridized carbons (Fsp3) is 0.833. The van der Waals surface area contributed by atoms with Gasteiger partial charge in [0, 0.05) is 23.8 Å². The third kappa shape index (κ3) is 4.09. The summed E-state index contributed by atoms with van der Waals surface area (Å²) in [7, 11) is 0. The zero-order valence-corrected chi connectivity index (χ0v) is 14.4. The molecule has 3 heteroatoms. The molecule has 0 amide bonds. The van der Waals surface area contributed by atoms with Gasteiger partial charge < -0.3 is 5.32 Å². The Morgan fingerprint density at radius 2 is 1.76 bits per heavy atom. The van der Waals surface area contributed by atoms with E-state index in [9.17, 15) is 0 Å². The van der Waals surface area contributed by atoms with E-state index in [2.05, 4.69) is 37.7 Å². The van der Waals surface area contributed by atoms with Crippen molar-refractivity contribution >= 4 is 0 Å². The maximum atomic E-state index is 5.02. The van der Waals surface area contributed by atoms with Crippen LogP contribution in [0.2, 0.25) is 0 Å². The average Bonchev–Trinajstić information content (AvgIpc) is 2.63. The summed E-state index contributed by atoms with van der Waals surface area (Å²) in [6.45, 7) is 9.91. The van der Waals surface area contributed by atoms with Gasteiger partial charge in [0.2, 0.25) is 0 Å². The lowest BCUT2D eigenvalue weighted by Crippen LogP contribution is -2.23. The number of hydrogen-bond acceptors (Lipinski definition) is 2. The molecule has 1 saturated carbocycles. The summed E-state index contributed by atoms with van der Waals surface area (Å²) in [6, 6.07) is 1.17. The average molecular weight is 291 g/mol. The van der Waals surface area contributed by atoms with Gasteiger partial charge >= 0.3 is 0 Å². The third-order valence-corrected chi connectivity index (χ3v) is 4.73. The van der Waals surface area contributed by atoms with E-state index in [4.69, 9.17) is 5.10 Å². The first-order chi connectivity index (χ1) is 10.2. The number of rotatable bonds is 6. The normalized spacial score (nSPS) is 17.4. The van der Waals surface area contributed by atoms with Crippen LogP contribution in [0.15, 0.2) is 0 Å². The Labute approximate surface area is 130 Å². The SMILES string of the molecule is CCc1nn(C2CCCCCC2)c(CC)c1CNC(C)C. The molecule has 0 spiro atoms. The number of aryl methyl sites for hydroxylation is 1. The van der Waals surface area contributed by atoms with E-state index in [1.54, 1.807) is 0 Å². The molecule has 2 rings (SSSR count). The van der Waals surface area contributed by atoms with Crippen LogP contribution < -0.4 is 5.32 Å². The molecule has 21 heavy (non-hydrogen) atoms. The van der Waals surface area contributed by atoms with Gasteiger partial charge in [-0.2, -0.15) is 5.10 Å². The summed E-state index contributed by atoms with van der Waals surface area (Å²) < 4.78 is 2.40. The Hall–Kier alpha value is -0.830. The predicted molar refractivity (Wildman–Crippen MR) is 89.7 cm³/mol. The Morgan fingerprint density at radius 3 is 2.29 bits per heavy atom. The van der Waals surface area contributed by atoms with Crippen molar-refractivity contribution < 1.29 is 0 Å². The van der Waals surface area contributed by atoms with Crippen molar-refractivity contribution in [2.24, 2.45) is 0 Å². The monoisotopic (exact) mass is 291 g/mol. The van der Waals surface area contributed by atoms with Crippen molar-refractivity contribution in [2.45, 2.75) is 97.7 Å². The highest BCUT2D eigenvalue weighted by Gasteiger charge is 2.22. The van der Waals surface area contributed by atoms with Crippen LogP contribution in [0.3, 0.4) is 0 Å². The van der Waals surface area contributed by atoms with Gasteiger partial charge in [0.1, 0.15) is 0 Å². The van der Waals surface area contributed by atoms with Gasteiger partial charge in [-0.15, -0.1) is 0 Å². The number of hydrogen-bond donors (Lipinski definition) is 1. The van der Waals surface area contributed by atoms with Gasteiger partial charge in [0.15, 0.2) is 0 Å². The van der Waals surface area contributed by atoms with Crippen molar-refractivity contribution in [1.82, 2.24) is 15.1 Å². The first kappa shape index (κ1) is 16.5. The second-order valence-electron chi connectivity index (χ2n) is 6.70. The molecule has 0 unspecified atom stereocenters. The lowest BCUT2D eigenvalue weighted by atomic mass is 10.1. The molecule has 1 heterocycles. The Bertz CT molecular complexity index is 426. The Kier molecular flexibility index (Phi) is 6.28. The van der Waals surface area contributed by atoms with E-state index in [-0.39, 0.29) is 0 Å². The smallest absolute Gasteiger partial charge is 0.0669 e. The van der Waals surface area contributed by atoms with Crippen molar-refractivity contribution in [3.63, 3.8) is 0 Å². The molecule has 0 radical (unpaired) electrons. The first-order valence-electron chi connectivity index (χ1n) is 8.99. The molecule has 1 N–H and O–H groups in total. The van der Waals surface area contributed by atoms with Crippen molar-refractivity contribution in [3.05, 3.63) is 17.0 Å². The number of nitrogens with zero attached hydrogens (tertiary/aromatic N) is 2. The van der Waals surface area contributed by atoms with Gasteiger partial charge in [-0.25, -0.2) is 0 Å². The van der Waals surface area contributed by atoms with Crippen LogP contribution in [-0.2, 0) is 19.4 Å². The minimum absolute atomic E-state index is 0.528. The van der Waals surface area contributed by atoms with Gasteiger partial charge in [-0.3, -0.25) is 4.68 Å². The maximum Gasteiger partial charge on any atom is 0.0669 e. The van der Waals surface area contributed by atoms with Crippen molar-refractivity contribution in [2.75, 3.05) is 0 Å². The van der Waals surface area contributed by atoms with Crippen LogP contribution in [0, 0.1) is 0 Å². The van der Waals surface area contributed by atoms with Crippen molar-refractivity contribution in [1.29, 1.82) is 0 Å². The van der Waals surface area contributed by atoms with Gasteiger partial charge in [-0.1, -0.05) is 53.4 Å². The summed E-state index contributed by atoms with van der Waals surface area (Å²) >= 11 is 0. The largest absolute Gasteiger partial charge is 0.310 e. The molecule has 0 aromatic carbocycles. The topological polar surface area (TPSA) is 29.9 Å². The molecule has 0 saturated heterocycles. The third-order valence-electron chi connectivity index (χ3n) is 4.73. The minimum atomic E-state index is 0.528. The summed E-state index contributed by atoms with van der Waals surface area (Å²) in [4.78, 5) is 0. The second-order valence-corrected chi connectivity index (χ2v) is 6.70. The van der Waals surface area contributed by atoms with Crippen LogP contribution in [0.1, 0.15) is 89.2 Å². The van der Waals surface area contributed by atoms with Crippen LogP contribution in [-0.4, -0.2) is 15.8 Å². The zero-order valence-electron chi connectivity index (χ0n) is 14.4. The van der Waals surface area contributed by atoms with E-state index < -0.39 is 0 Å². The molecule has 120 valence electrons. The summed E-state index contributed by atoms with van der Waals surface area (Å²) in [5.41, 5.74) is 4.26. The van der Waals surface area contributed by atoms with Crippen LogP contribution in [0.25, 0.3) is 0 Å². The van der Waals surface area contributed by atoms with Crippen LogP contribution >= 0.6 is 0 Å². The molecule has 0 bridgehead atoms. The highest BCUT2D eigenvalue weighted by atomic mass is 15.3. The lowest BCUT2D eigenvalue weighted by molar-refractivity contribution is 0.391. The maximum absolute atomic E-state index is 5.02. The molecule has 1 aliphatic rings. The van der Waals surface area contributed by atoms with E-state index >= 15 is 0 Å². The predicted octanol–water partition coefficient (Wildman–Crippen LogP) is 4.40. The molecule has 0 aliphatic heterocycles. The van der Waals surface area contributed by atoms with Gasteiger partial charge in [-0.05, 0) is 25.7 Å². The fourth-order valence-corrected chi connectivity index (χ4v) is 3.53. The number of aromatic nitrogens is 2. The molecular formula is C18H33N3. The molecule has 1 aliphatic carbocycles. The fourth-order valence-electron chi connectivity index (χ4n) is 3.53. The van der Waals surface area contributed by atoms with Crippen molar-refractivity contribution in [3.8, 4) is 0 Å². The molecule has 3 nitrogen and oxygen atoms in total. The van der Waals surface area contributed by atoms with Gasteiger partial charge in [0.25, 0.3) is 0 Å². The lowest BCUT2D eigenvalue weighted by Gasteiger charge is -2.18. The summed E-state index contributed by atoms with van der Waals surface area (Å²) in [5, 5.41) is 8.61. The molecule has 0 atom stereocenters.